The van der Waals surface area contributed by atoms with Crippen molar-refractivity contribution in [2.75, 3.05) is 18.5 Å². The van der Waals surface area contributed by atoms with E-state index in [1.165, 1.54) is 23.7 Å². The molecule has 162 valence electrons. The molecule has 0 unspecified atom stereocenters. The van der Waals surface area contributed by atoms with Crippen molar-refractivity contribution in [3.8, 4) is 0 Å². The van der Waals surface area contributed by atoms with Crippen molar-refractivity contribution in [1.82, 2.24) is 4.90 Å². The highest BCUT2D eigenvalue weighted by molar-refractivity contribution is 7.17. The molecule has 1 aliphatic carbocycles. The quantitative estimate of drug-likeness (QED) is 0.455. The number of ether oxygens (including phenoxy) is 1. The molecule has 0 spiro atoms. The van der Waals surface area contributed by atoms with E-state index in [9.17, 15) is 19.2 Å². The van der Waals surface area contributed by atoms with E-state index in [4.69, 9.17) is 9.15 Å². The number of hydrogen-bond acceptors (Lipinski definition) is 7. The second-order valence-electron chi connectivity index (χ2n) is 7.44. The molecule has 1 N–H and O–H groups in total. The van der Waals surface area contributed by atoms with Gasteiger partial charge in [-0.2, -0.15) is 0 Å². The van der Waals surface area contributed by atoms with Crippen LogP contribution in [0.1, 0.15) is 58.5 Å². The third-order valence-corrected chi connectivity index (χ3v) is 6.73. The zero-order valence-corrected chi connectivity index (χ0v) is 17.7. The molecule has 3 amide bonds. The minimum atomic E-state index is -0.587. The first-order valence-electron chi connectivity index (χ1n) is 10.2. The summed E-state index contributed by atoms with van der Waals surface area (Å²) in [4.78, 5) is 52.4. The first-order chi connectivity index (χ1) is 15.5. The standard InChI is InChI=1S/C23H18N2O6S/c26-19(16-8-4-11-30-16)24-20-18(15-7-3-9-17(15)32-20)23(29)31-12-10-25-21(27)13-5-1-2-6-14(13)22(25)28/h1-2,4-6,8,11H,3,7,9-10,12H2,(H,24,26). The summed E-state index contributed by atoms with van der Waals surface area (Å²) in [6.45, 7) is -0.182. The molecule has 32 heavy (non-hydrogen) atoms. The molecule has 0 saturated carbocycles. The first-order valence-corrected chi connectivity index (χ1v) is 11.0. The van der Waals surface area contributed by atoms with Crippen LogP contribution >= 0.6 is 11.3 Å². The fraction of sp³-hybridized carbons (Fsp3) is 0.217. The van der Waals surface area contributed by atoms with Gasteiger partial charge in [0, 0.05) is 4.88 Å². The minimum absolute atomic E-state index is 0.0432. The Morgan fingerprint density at radius 1 is 1.06 bits per heavy atom. The molecule has 1 aliphatic heterocycles. The number of anilines is 1. The SMILES string of the molecule is O=C(Nc1sc2c(c1C(=O)OCCN1C(=O)c3ccccc3C1=O)CCC2)c1ccco1. The fourth-order valence-corrected chi connectivity index (χ4v) is 5.30. The van der Waals surface area contributed by atoms with Gasteiger partial charge in [-0.3, -0.25) is 19.3 Å². The average molecular weight is 450 g/mol. The number of esters is 1. The van der Waals surface area contributed by atoms with Gasteiger partial charge < -0.3 is 14.5 Å². The van der Waals surface area contributed by atoms with Gasteiger partial charge in [0.1, 0.15) is 11.6 Å². The van der Waals surface area contributed by atoms with Gasteiger partial charge in [0.2, 0.25) is 0 Å². The number of carbonyl (C=O) groups is 4. The van der Waals surface area contributed by atoms with Crippen molar-refractivity contribution in [3.05, 3.63) is 75.6 Å². The number of nitrogens with zero attached hydrogens (tertiary/aromatic N) is 1. The van der Waals surface area contributed by atoms with Gasteiger partial charge in [0.15, 0.2) is 5.76 Å². The van der Waals surface area contributed by atoms with Crippen molar-refractivity contribution in [3.63, 3.8) is 0 Å². The zero-order chi connectivity index (χ0) is 22.2. The molecule has 9 heteroatoms. The van der Waals surface area contributed by atoms with E-state index in [0.29, 0.717) is 21.7 Å². The van der Waals surface area contributed by atoms with Gasteiger partial charge in [-0.15, -0.1) is 11.3 Å². The van der Waals surface area contributed by atoms with Gasteiger partial charge in [0.05, 0.1) is 29.5 Å². The van der Waals surface area contributed by atoms with Crippen LogP contribution in [-0.2, 0) is 17.6 Å². The average Bonchev–Trinajstić information content (AvgIpc) is 3.56. The number of hydrogen-bond donors (Lipinski definition) is 1. The summed E-state index contributed by atoms with van der Waals surface area (Å²) in [7, 11) is 0. The van der Waals surface area contributed by atoms with Gasteiger partial charge in [0.25, 0.3) is 17.7 Å². The molecule has 0 bridgehead atoms. The smallest absolute Gasteiger partial charge is 0.341 e. The number of nitrogens with one attached hydrogen (secondary N) is 1. The number of carbonyl (C=O) groups excluding carboxylic acids is 4. The Balaban J connectivity index is 1.28. The summed E-state index contributed by atoms with van der Waals surface area (Å²) in [6.07, 6.45) is 3.90. The van der Waals surface area contributed by atoms with E-state index in [1.54, 1.807) is 30.3 Å². The van der Waals surface area contributed by atoms with Crippen LogP contribution in [0.3, 0.4) is 0 Å². The molecular weight excluding hydrogens is 432 g/mol. The summed E-state index contributed by atoms with van der Waals surface area (Å²) in [5, 5.41) is 3.17. The molecule has 0 fully saturated rings. The predicted molar refractivity (Wildman–Crippen MR) is 115 cm³/mol. The predicted octanol–water partition coefficient (Wildman–Crippen LogP) is 3.54. The summed E-state index contributed by atoms with van der Waals surface area (Å²) in [6, 6.07) is 9.75. The Labute approximate surface area is 186 Å². The lowest BCUT2D eigenvalue weighted by Gasteiger charge is -2.14. The summed E-state index contributed by atoms with van der Waals surface area (Å²) >= 11 is 1.36. The second-order valence-corrected chi connectivity index (χ2v) is 8.54. The number of fused-ring (bicyclic) bond motifs is 2. The first kappa shape index (κ1) is 20.2. The Bertz CT molecular complexity index is 1210. The zero-order valence-electron chi connectivity index (χ0n) is 16.9. The number of thiophene rings is 1. The van der Waals surface area contributed by atoms with E-state index in [2.05, 4.69) is 5.32 Å². The highest BCUT2D eigenvalue weighted by atomic mass is 32.1. The molecule has 0 saturated heterocycles. The Morgan fingerprint density at radius 3 is 2.50 bits per heavy atom. The van der Waals surface area contributed by atoms with Crippen molar-refractivity contribution in [2.45, 2.75) is 19.3 Å². The van der Waals surface area contributed by atoms with Gasteiger partial charge in [-0.1, -0.05) is 12.1 Å². The summed E-state index contributed by atoms with van der Waals surface area (Å²) in [5.74, 6) is -1.69. The fourth-order valence-electron chi connectivity index (χ4n) is 4.02. The van der Waals surface area contributed by atoms with Gasteiger partial charge >= 0.3 is 5.97 Å². The lowest BCUT2D eigenvalue weighted by Crippen LogP contribution is -2.33. The lowest BCUT2D eigenvalue weighted by molar-refractivity contribution is 0.0421. The number of benzene rings is 1. The highest BCUT2D eigenvalue weighted by Gasteiger charge is 2.35. The maximum absolute atomic E-state index is 12.9. The minimum Gasteiger partial charge on any atom is -0.460 e. The lowest BCUT2D eigenvalue weighted by atomic mass is 10.1. The number of imide groups is 1. The molecule has 1 aromatic carbocycles. The monoisotopic (exact) mass is 450 g/mol. The number of rotatable bonds is 6. The maximum atomic E-state index is 12.9. The van der Waals surface area contributed by atoms with E-state index < -0.39 is 23.7 Å². The molecule has 8 nitrogen and oxygen atoms in total. The topological polar surface area (TPSA) is 106 Å². The Hall–Kier alpha value is -3.72. The van der Waals surface area contributed by atoms with Crippen LogP contribution in [0, 0.1) is 0 Å². The number of amides is 3. The highest BCUT2D eigenvalue weighted by Crippen LogP contribution is 2.39. The molecule has 3 aromatic rings. The molecule has 0 radical (unpaired) electrons. The molecule has 2 aromatic heterocycles. The van der Waals surface area contributed by atoms with Crippen LogP contribution in [0.5, 0.6) is 0 Å². The normalized spacial score (nSPS) is 14.4. The van der Waals surface area contributed by atoms with Crippen molar-refractivity contribution in [1.29, 1.82) is 0 Å². The van der Waals surface area contributed by atoms with Crippen LogP contribution in [-0.4, -0.2) is 41.7 Å². The van der Waals surface area contributed by atoms with Crippen LogP contribution in [0.2, 0.25) is 0 Å². The summed E-state index contributed by atoms with van der Waals surface area (Å²) < 4.78 is 10.5. The number of furan rings is 1. The van der Waals surface area contributed by atoms with E-state index in [-0.39, 0.29) is 18.9 Å². The Morgan fingerprint density at radius 2 is 1.81 bits per heavy atom. The van der Waals surface area contributed by atoms with Crippen LogP contribution in [0.4, 0.5) is 5.00 Å². The third-order valence-electron chi connectivity index (χ3n) is 5.52. The van der Waals surface area contributed by atoms with Gasteiger partial charge in [-0.05, 0) is 49.1 Å². The molecule has 0 atom stereocenters. The molecule has 5 rings (SSSR count). The van der Waals surface area contributed by atoms with Crippen LogP contribution < -0.4 is 5.32 Å². The van der Waals surface area contributed by atoms with Gasteiger partial charge in [-0.25, -0.2) is 4.79 Å². The molecule has 3 heterocycles. The second kappa shape index (κ2) is 8.08. The van der Waals surface area contributed by atoms with Crippen molar-refractivity contribution >= 4 is 40.0 Å². The third kappa shape index (κ3) is 3.40. The molecular formula is C23H18N2O6S. The van der Waals surface area contributed by atoms with E-state index >= 15 is 0 Å². The van der Waals surface area contributed by atoms with E-state index in [1.807, 2.05) is 0 Å². The van der Waals surface area contributed by atoms with E-state index in [0.717, 1.165) is 34.6 Å². The van der Waals surface area contributed by atoms with Crippen molar-refractivity contribution in [2.24, 2.45) is 0 Å². The number of aryl methyl sites for hydroxylation is 1. The Kier molecular flexibility index (Phi) is 5.10. The van der Waals surface area contributed by atoms with Crippen LogP contribution in [0.15, 0.2) is 47.1 Å². The maximum Gasteiger partial charge on any atom is 0.341 e. The molecule has 2 aliphatic rings. The van der Waals surface area contributed by atoms with Crippen molar-refractivity contribution < 1.29 is 28.3 Å². The largest absolute Gasteiger partial charge is 0.460 e. The summed E-state index contributed by atoms with van der Waals surface area (Å²) in [5.41, 5.74) is 1.92. The van der Waals surface area contributed by atoms with Crippen LogP contribution in [0.25, 0.3) is 0 Å².